The molecule has 2 heterocycles. The molecule has 1 fully saturated rings. The summed E-state index contributed by atoms with van der Waals surface area (Å²) in [5, 5.41) is 2.98. The van der Waals surface area contributed by atoms with Gasteiger partial charge in [-0.1, -0.05) is 24.3 Å². The van der Waals surface area contributed by atoms with E-state index in [1.807, 2.05) is 12.1 Å². The molecule has 0 unspecified atom stereocenters. The molecule has 0 atom stereocenters. The third kappa shape index (κ3) is 4.26. The first-order valence-corrected chi connectivity index (χ1v) is 12.2. The van der Waals surface area contributed by atoms with Gasteiger partial charge < -0.3 is 14.4 Å². The number of methoxy groups -OCH3 is 2. The number of piperazine rings is 1. The SMILES string of the molecule is COc1ccc(S(=O)(=O)N2CCN(c3nc(-c4ccccc4C)cs3)CC2)cc1OC. The number of hydrogen-bond acceptors (Lipinski definition) is 7. The zero-order chi connectivity index (χ0) is 22.0. The number of anilines is 1. The lowest BCUT2D eigenvalue weighted by Crippen LogP contribution is -2.48. The molecule has 1 saturated heterocycles. The molecule has 1 aromatic heterocycles. The minimum absolute atomic E-state index is 0.203. The Labute approximate surface area is 186 Å². The Hall–Kier alpha value is -2.62. The van der Waals surface area contributed by atoms with E-state index in [1.165, 1.54) is 30.2 Å². The van der Waals surface area contributed by atoms with Crippen LogP contribution in [-0.4, -0.2) is 58.1 Å². The second kappa shape index (κ2) is 8.86. The van der Waals surface area contributed by atoms with E-state index in [0.717, 1.165) is 16.4 Å². The van der Waals surface area contributed by atoms with Crippen molar-refractivity contribution < 1.29 is 17.9 Å². The number of nitrogens with zero attached hydrogens (tertiary/aromatic N) is 3. The zero-order valence-corrected chi connectivity index (χ0v) is 19.4. The monoisotopic (exact) mass is 459 g/mol. The smallest absolute Gasteiger partial charge is 0.243 e. The normalized spacial score (nSPS) is 15.1. The summed E-state index contributed by atoms with van der Waals surface area (Å²) in [6, 6.07) is 12.9. The molecule has 3 aromatic rings. The van der Waals surface area contributed by atoms with Gasteiger partial charge in [0, 0.05) is 43.2 Å². The highest BCUT2D eigenvalue weighted by atomic mass is 32.2. The maximum atomic E-state index is 13.1. The van der Waals surface area contributed by atoms with E-state index in [-0.39, 0.29) is 4.90 Å². The molecule has 1 aliphatic rings. The van der Waals surface area contributed by atoms with E-state index in [0.29, 0.717) is 37.7 Å². The first-order valence-electron chi connectivity index (χ1n) is 9.92. The summed E-state index contributed by atoms with van der Waals surface area (Å²) >= 11 is 1.59. The minimum atomic E-state index is -3.61. The van der Waals surface area contributed by atoms with Crippen LogP contribution in [0.1, 0.15) is 5.56 Å². The van der Waals surface area contributed by atoms with Gasteiger partial charge in [-0.2, -0.15) is 4.31 Å². The Morgan fingerprint density at radius 1 is 0.968 bits per heavy atom. The van der Waals surface area contributed by atoms with Crippen molar-refractivity contribution in [3.8, 4) is 22.8 Å². The highest BCUT2D eigenvalue weighted by molar-refractivity contribution is 7.89. The molecular formula is C22H25N3O4S2. The Bertz CT molecular complexity index is 1170. The van der Waals surface area contributed by atoms with Crippen molar-refractivity contribution in [3.05, 3.63) is 53.4 Å². The second-order valence-corrected chi connectivity index (χ2v) is 10.0. The van der Waals surface area contributed by atoms with Gasteiger partial charge in [0.2, 0.25) is 10.0 Å². The van der Waals surface area contributed by atoms with E-state index in [9.17, 15) is 8.42 Å². The van der Waals surface area contributed by atoms with Gasteiger partial charge in [-0.25, -0.2) is 13.4 Å². The number of benzene rings is 2. The highest BCUT2D eigenvalue weighted by Crippen LogP contribution is 2.32. The first-order chi connectivity index (χ1) is 14.9. The molecule has 4 rings (SSSR count). The van der Waals surface area contributed by atoms with Crippen LogP contribution in [-0.2, 0) is 10.0 Å². The lowest BCUT2D eigenvalue weighted by molar-refractivity contribution is 0.353. The van der Waals surface area contributed by atoms with Crippen molar-refractivity contribution in [2.45, 2.75) is 11.8 Å². The fourth-order valence-corrected chi connectivity index (χ4v) is 5.96. The Morgan fingerprint density at radius 3 is 2.35 bits per heavy atom. The number of aryl methyl sites for hydroxylation is 1. The summed E-state index contributed by atoms with van der Waals surface area (Å²) in [6.07, 6.45) is 0. The van der Waals surface area contributed by atoms with Gasteiger partial charge in [-0.05, 0) is 24.6 Å². The molecule has 31 heavy (non-hydrogen) atoms. The molecule has 9 heteroatoms. The lowest BCUT2D eigenvalue weighted by atomic mass is 10.1. The topological polar surface area (TPSA) is 72.0 Å². The van der Waals surface area contributed by atoms with Crippen molar-refractivity contribution in [2.75, 3.05) is 45.3 Å². The van der Waals surface area contributed by atoms with Gasteiger partial charge in [-0.15, -0.1) is 11.3 Å². The van der Waals surface area contributed by atoms with Gasteiger partial charge in [0.1, 0.15) is 0 Å². The molecule has 0 spiro atoms. The van der Waals surface area contributed by atoms with Gasteiger partial charge in [0.05, 0.1) is 24.8 Å². The molecule has 0 bridgehead atoms. The van der Waals surface area contributed by atoms with Crippen LogP contribution in [0.15, 0.2) is 52.7 Å². The van der Waals surface area contributed by atoms with Crippen LogP contribution in [0.2, 0.25) is 0 Å². The van der Waals surface area contributed by atoms with E-state index >= 15 is 0 Å². The van der Waals surface area contributed by atoms with Crippen LogP contribution in [0.5, 0.6) is 11.5 Å². The minimum Gasteiger partial charge on any atom is -0.493 e. The summed E-state index contributed by atoms with van der Waals surface area (Å²) in [5.74, 6) is 0.897. The first kappa shape index (κ1) is 21.6. The number of ether oxygens (including phenoxy) is 2. The third-order valence-electron chi connectivity index (χ3n) is 5.42. The number of thiazole rings is 1. The van der Waals surface area contributed by atoms with E-state index < -0.39 is 10.0 Å². The number of sulfonamides is 1. The van der Waals surface area contributed by atoms with Gasteiger partial charge in [-0.3, -0.25) is 0 Å². The van der Waals surface area contributed by atoms with E-state index in [2.05, 4.69) is 29.3 Å². The van der Waals surface area contributed by atoms with Crippen molar-refractivity contribution >= 4 is 26.5 Å². The van der Waals surface area contributed by atoms with Crippen molar-refractivity contribution in [3.63, 3.8) is 0 Å². The second-order valence-electron chi connectivity index (χ2n) is 7.24. The highest BCUT2D eigenvalue weighted by Gasteiger charge is 2.30. The predicted molar refractivity (Wildman–Crippen MR) is 123 cm³/mol. The third-order valence-corrected chi connectivity index (χ3v) is 8.21. The fraction of sp³-hybridized carbons (Fsp3) is 0.318. The predicted octanol–water partition coefficient (Wildman–Crippen LogP) is 3.65. The van der Waals surface area contributed by atoms with Crippen LogP contribution < -0.4 is 14.4 Å². The summed E-state index contributed by atoms with van der Waals surface area (Å²) < 4.78 is 38.2. The lowest BCUT2D eigenvalue weighted by Gasteiger charge is -2.33. The van der Waals surface area contributed by atoms with E-state index in [4.69, 9.17) is 14.5 Å². The summed E-state index contributed by atoms with van der Waals surface area (Å²) in [5.41, 5.74) is 3.27. The summed E-state index contributed by atoms with van der Waals surface area (Å²) in [4.78, 5) is 7.15. The summed E-state index contributed by atoms with van der Waals surface area (Å²) in [7, 11) is -0.600. The molecule has 2 aromatic carbocycles. The average Bonchev–Trinajstić information content (AvgIpc) is 3.29. The van der Waals surface area contributed by atoms with Crippen LogP contribution in [0.25, 0.3) is 11.3 Å². The Kier molecular flexibility index (Phi) is 6.17. The van der Waals surface area contributed by atoms with Crippen LogP contribution in [0.3, 0.4) is 0 Å². The zero-order valence-electron chi connectivity index (χ0n) is 17.7. The van der Waals surface area contributed by atoms with Crippen molar-refractivity contribution in [1.29, 1.82) is 0 Å². The molecule has 7 nitrogen and oxygen atoms in total. The molecule has 0 N–H and O–H groups in total. The largest absolute Gasteiger partial charge is 0.493 e. The van der Waals surface area contributed by atoms with Gasteiger partial charge >= 0.3 is 0 Å². The number of hydrogen-bond donors (Lipinski definition) is 0. The van der Waals surface area contributed by atoms with Crippen molar-refractivity contribution in [1.82, 2.24) is 9.29 Å². The van der Waals surface area contributed by atoms with Crippen molar-refractivity contribution in [2.24, 2.45) is 0 Å². The molecule has 0 radical (unpaired) electrons. The average molecular weight is 460 g/mol. The molecular weight excluding hydrogens is 434 g/mol. The van der Waals surface area contributed by atoms with Crippen LogP contribution >= 0.6 is 11.3 Å². The van der Waals surface area contributed by atoms with E-state index in [1.54, 1.807) is 23.5 Å². The van der Waals surface area contributed by atoms with Crippen LogP contribution in [0.4, 0.5) is 5.13 Å². The summed E-state index contributed by atoms with van der Waals surface area (Å²) in [6.45, 7) is 4.05. The maximum absolute atomic E-state index is 13.1. The molecule has 1 aliphatic heterocycles. The van der Waals surface area contributed by atoms with Gasteiger partial charge in [0.15, 0.2) is 16.6 Å². The van der Waals surface area contributed by atoms with Crippen LogP contribution in [0, 0.1) is 6.92 Å². The molecule has 164 valence electrons. The Balaban J connectivity index is 1.47. The quantitative estimate of drug-likeness (QED) is 0.560. The maximum Gasteiger partial charge on any atom is 0.243 e. The molecule has 0 saturated carbocycles. The molecule has 0 aliphatic carbocycles. The number of aromatic nitrogens is 1. The molecule has 0 amide bonds. The standard InChI is InChI=1S/C22H25N3O4S2/c1-16-6-4-5-7-18(16)19-15-30-22(23-19)24-10-12-25(13-11-24)31(26,27)17-8-9-20(28-2)21(14-17)29-3/h4-9,14-15H,10-13H2,1-3H3. The van der Waals surface area contributed by atoms with Gasteiger partial charge in [0.25, 0.3) is 0 Å². The Morgan fingerprint density at radius 2 is 1.68 bits per heavy atom. The number of rotatable bonds is 6. The fourth-order valence-electron chi connectivity index (χ4n) is 3.64.